The van der Waals surface area contributed by atoms with E-state index in [0.717, 1.165) is 43.9 Å². The van der Waals surface area contributed by atoms with Crippen LogP contribution >= 0.6 is 0 Å². The highest BCUT2D eigenvalue weighted by atomic mass is 16.6. The Hall–Kier alpha value is -0.570. The van der Waals surface area contributed by atoms with Gasteiger partial charge in [0.25, 0.3) is 0 Å². The number of aliphatic hydroxyl groups is 1. The molecular formula is C17H28O3. The van der Waals surface area contributed by atoms with Crippen LogP contribution in [0.2, 0.25) is 0 Å². The molecule has 3 nitrogen and oxygen atoms in total. The van der Waals surface area contributed by atoms with E-state index < -0.39 is 11.0 Å². The van der Waals surface area contributed by atoms with Crippen molar-refractivity contribution in [3.8, 4) is 0 Å². The number of hydrogen-bond donors (Lipinski definition) is 1. The summed E-state index contributed by atoms with van der Waals surface area (Å²) in [4.78, 5) is 12.5. The number of hydrogen-bond acceptors (Lipinski definition) is 3. The van der Waals surface area contributed by atoms with E-state index in [1.807, 2.05) is 20.8 Å². The van der Waals surface area contributed by atoms with Gasteiger partial charge in [0.2, 0.25) is 0 Å². The second-order valence-corrected chi connectivity index (χ2v) is 8.04. The normalized spacial score (nSPS) is 42.8. The molecule has 0 saturated heterocycles. The highest BCUT2D eigenvalue weighted by molar-refractivity contribution is 5.76. The van der Waals surface area contributed by atoms with Gasteiger partial charge in [-0.25, -0.2) is 0 Å². The number of ether oxygens (including phenoxy) is 1. The summed E-state index contributed by atoms with van der Waals surface area (Å²) in [7, 11) is 0. The first-order valence-electron chi connectivity index (χ1n) is 8.25. The second kappa shape index (κ2) is 4.72. The quantitative estimate of drug-likeness (QED) is 0.805. The van der Waals surface area contributed by atoms with E-state index in [4.69, 9.17) is 4.74 Å². The molecule has 0 unspecified atom stereocenters. The third-order valence-electron chi connectivity index (χ3n) is 6.49. The molecule has 4 aliphatic rings. The van der Waals surface area contributed by atoms with Gasteiger partial charge in [0, 0.05) is 11.8 Å². The third kappa shape index (κ3) is 2.01. The van der Waals surface area contributed by atoms with Gasteiger partial charge in [-0.15, -0.1) is 0 Å². The molecule has 4 rings (SSSR count). The van der Waals surface area contributed by atoms with E-state index in [1.54, 1.807) is 0 Å². The van der Waals surface area contributed by atoms with Gasteiger partial charge in [0.1, 0.15) is 5.60 Å². The zero-order chi connectivity index (χ0) is 14.5. The van der Waals surface area contributed by atoms with Crippen molar-refractivity contribution in [2.45, 2.75) is 64.9 Å². The summed E-state index contributed by atoms with van der Waals surface area (Å²) in [6.45, 7) is 5.91. The average molecular weight is 280 g/mol. The summed E-state index contributed by atoms with van der Waals surface area (Å²) in [5.41, 5.74) is -1.02. The summed E-state index contributed by atoms with van der Waals surface area (Å²) >= 11 is 0. The fourth-order valence-corrected chi connectivity index (χ4v) is 4.89. The Morgan fingerprint density at radius 1 is 1.15 bits per heavy atom. The van der Waals surface area contributed by atoms with Crippen molar-refractivity contribution >= 4 is 5.97 Å². The van der Waals surface area contributed by atoms with Crippen LogP contribution in [0, 0.1) is 29.1 Å². The van der Waals surface area contributed by atoms with Gasteiger partial charge in [-0.05, 0) is 64.2 Å². The Morgan fingerprint density at radius 2 is 1.65 bits per heavy atom. The lowest BCUT2D eigenvalue weighted by Gasteiger charge is -2.59. The minimum atomic E-state index is -0.572. The fourth-order valence-electron chi connectivity index (χ4n) is 4.89. The number of carbonyl (C=O) groups excluding carboxylic acids is 1. The van der Waals surface area contributed by atoms with Gasteiger partial charge in [0.05, 0.1) is 12.0 Å². The highest BCUT2D eigenvalue weighted by Gasteiger charge is 2.59. The van der Waals surface area contributed by atoms with Crippen LogP contribution in [0.15, 0.2) is 0 Å². The van der Waals surface area contributed by atoms with Crippen LogP contribution in [-0.4, -0.2) is 23.3 Å². The Kier molecular flexibility index (Phi) is 3.39. The summed E-state index contributed by atoms with van der Waals surface area (Å²) < 4.78 is 6.03. The van der Waals surface area contributed by atoms with Gasteiger partial charge >= 0.3 is 5.97 Å². The Balaban J connectivity index is 1.83. The van der Waals surface area contributed by atoms with Gasteiger partial charge in [0.15, 0.2) is 0 Å². The molecule has 0 atom stereocenters. The van der Waals surface area contributed by atoms with Crippen molar-refractivity contribution in [1.82, 2.24) is 0 Å². The topological polar surface area (TPSA) is 46.5 Å². The molecule has 0 aromatic heterocycles. The van der Waals surface area contributed by atoms with Crippen molar-refractivity contribution in [3.63, 3.8) is 0 Å². The Morgan fingerprint density at radius 3 is 2.05 bits per heavy atom. The van der Waals surface area contributed by atoms with Crippen LogP contribution in [0.4, 0.5) is 0 Å². The largest absolute Gasteiger partial charge is 0.456 e. The molecule has 114 valence electrons. The van der Waals surface area contributed by atoms with Gasteiger partial charge in [-0.3, -0.25) is 4.79 Å². The van der Waals surface area contributed by atoms with Crippen LogP contribution in [0.5, 0.6) is 0 Å². The first-order valence-corrected chi connectivity index (χ1v) is 8.25. The molecule has 0 amide bonds. The van der Waals surface area contributed by atoms with Crippen LogP contribution < -0.4 is 0 Å². The molecule has 0 aromatic rings. The number of carbonyl (C=O) groups is 1. The van der Waals surface area contributed by atoms with E-state index in [0.29, 0.717) is 11.8 Å². The summed E-state index contributed by atoms with van der Waals surface area (Å²) in [6.07, 6.45) is 6.72. The summed E-state index contributed by atoms with van der Waals surface area (Å²) in [5, 5.41) is 10.1. The second-order valence-electron chi connectivity index (χ2n) is 8.04. The molecule has 0 heterocycles. The maximum Gasteiger partial charge on any atom is 0.312 e. The lowest BCUT2D eigenvalue weighted by atomic mass is 9.50. The van der Waals surface area contributed by atoms with E-state index >= 15 is 0 Å². The summed E-state index contributed by atoms with van der Waals surface area (Å²) in [6, 6.07) is 0. The predicted molar refractivity (Wildman–Crippen MR) is 77.0 cm³/mol. The monoisotopic (exact) mass is 280 g/mol. The van der Waals surface area contributed by atoms with Gasteiger partial charge < -0.3 is 9.84 Å². The molecule has 4 fully saturated rings. The van der Waals surface area contributed by atoms with Crippen molar-refractivity contribution < 1.29 is 14.6 Å². The zero-order valence-corrected chi connectivity index (χ0v) is 13.0. The minimum absolute atomic E-state index is 0.00725. The van der Waals surface area contributed by atoms with Crippen molar-refractivity contribution in [2.24, 2.45) is 29.1 Å². The van der Waals surface area contributed by atoms with E-state index in [-0.39, 0.29) is 12.6 Å². The lowest BCUT2D eigenvalue weighted by molar-refractivity contribution is -0.228. The standard InChI is InChI=1S/C17H28O3/c1-4-16(2,3)15(19)20-17(10-18)13-6-11-5-12(8-13)9-14(17)7-11/h11-14,18H,4-10H2,1-3H3. The predicted octanol–water partition coefficient (Wildman–Crippen LogP) is 3.15. The fraction of sp³-hybridized carbons (Fsp3) is 0.941. The van der Waals surface area contributed by atoms with Crippen LogP contribution in [0.25, 0.3) is 0 Å². The van der Waals surface area contributed by atoms with E-state index in [1.165, 1.54) is 6.42 Å². The van der Waals surface area contributed by atoms with Gasteiger partial charge in [-0.2, -0.15) is 0 Å². The molecule has 4 bridgehead atoms. The molecule has 0 aliphatic heterocycles. The molecule has 3 heteroatoms. The number of aliphatic hydroxyl groups excluding tert-OH is 1. The van der Waals surface area contributed by atoms with Crippen molar-refractivity contribution in [3.05, 3.63) is 0 Å². The number of esters is 1. The smallest absolute Gasteiger partial charge is 0.312 e. The molecule has 0 radical (unpaired) electrons. The maximum atomic E-state index is 12.5. The third-order valence-corrected chi connectivity index (χ3v) is 6.49. The zero-order valence-electron chi connectivity index (χ0n) is 13.0. The molecule has 20 heavy (non-hydrogen) atoms. The molecule has 0 spiro atoms. The minimum Gasteiger partial charge on any atom is -0.456 e. The van der Waals surface area contributed by atoms with E-state index in [2.05, 4.69) is 0 Å². The molecular weight excluding hydrogens is 252 g/mol. The van der Waals surface area contributed by atoms with Gasteiger partial charge in [-0.1, -0.05) is 6.92 Å². The maximum absolute atomic E-state index is 12.5. The Labute approximate surface area is 122 Å². The first kappa shape index (κ1) is 14.4. The summed E-state index contributed by atoms with van der Waals surface area (Å²) in [5.74, 6) is 2.28. The molecule has 4 aliphatic carbocycles. The lowest BCUT2D eigenvalue weighted by Crippen LogP contribution is -2.62. The molecule has 4 saturated carbocycles. The number of rotatable bonds is 4. The average Bonchev–Trinajstić information content (AvgIpc) is 2.42. The molecule has 0 aromatic carbocycles. The van der Waals surface area contributed by atoms with Crippen LogP contribution in [0.1, 0.15) is 59.3 Å². The molecule has 1 N–H and O–H groups in total. The van der Waals surface area contributed by atoms with Crippen molar-refractivity contribution in [2.75, 3.05) is 6.61 Å². The highest BCUT2D eigenvalue weighted by Crippen LogP contribution is 2.59. The van der Waals surface area contributed by atoms with E-state index in [9.17, 15) is 9.90 Å². The SMILES string of the molecule is CCC(C)(C)C(=O)OC1(CO)C2CC3CC(C2)CC1C3. The first-order chi connectivity index (χ1) is 9.41. The van der Waals surface area contributed by atoms with Crippen molar-refractivity contribution in [1.29, 1.82) is 0 Å². The van der Waals surface area contributed by atoms with Crippen LogP contribution in [0.3, 0.4) is 0 Å². The Bertz CT molecular complexity index is 371. The van der Waals surface area contributed by atoms with Crippen LogP contribution in [-0.2, 0) is 9.53 Å².